The summed E-state index contributed by atoms with van der Waals surface area (Å²) >= 11 is 0. The summed E-state index contributed by atoms with van der Waals surface area (Å²) in [6, 6.07) is 12.3. The van der Waals surface area contributed by atoms with Gasteiger partial charge in [0.1, 0.15) is 11.4 Å². The van der Waals surface area contributed by atoms with Crippen molar-refractivity contribution in [1.29, 1.82) is 0 Å². The van der Waals surface area contributed by atoms with Crippen LogP contribution in [0.3, 0.4) is 0 Å². The molecule has 0 aliphatic heterocycles. The number of aromatic amines is 1. The van der Waals surface area contributed by atoms with Crippen LogP contribution < -0.4 is 5.32 Å². The lowest BCUT2D eigenvalue weighted by atomic mass is 10.0. The Morgan fingerprint density at radius 1 is 1.17 bits per heavy atom. The Morgan fingerprint density at radius 2 is 1.92 bits per heavy atom. The zero-order valence-electron chi connectivity index (χ0n) is 13.1. The second-order valence-corrected chi connectivity index (χ2v) is 5.83. The van der Waals surface area contributed by atoms with Gasteiger partial charge in [-0.25, -0.2) is 0 Å². The molecule has 1 aliphatic carbocycles. The number of nitrogens with zero attached hydrogens (tertiary/aromatic N) is 1. The number of hydrogen-bond acceptors (Lipinski definition) is 4. The summed E-state index contributed by atoms with van der Waals surface area (Å²) in [6.07, 6.45) is 0. The molecular formula is C19H15N3O2. The number of phenolic OH excluding ortho intramolecular Hbond substituents is 1. The number of allylic oxidation sites excluding steroid dienone is 1. The first-order chi connectivity index (χ1) is 11.6. The third-order valence-electron chi connectivity index (χ3n) is 4.04. The summed E-state index contributed by atoms with van der Waals surface area (Å²) in [5.41, 5.74) is 5.63. The second kappa shape index (κ2) is 5.09. The zero-order valence-corrected chi connectivity index (χ0v) is 13.1. The lowest BCUT2D eigenvalue weighted by Gasteiger charge is -2.10. The van der Waals surface area contributed by atoms with Crippen LogP contribution in [0.2, 0.25) is 0 Å². The molecule has 0 saturated carbocycles. The molecule has 0 fully saturated rings. The first kappa shape index (κ1) is 14.3. The monoisotopic (exact) mass is 317 g/mol. The van der Waals surface area contributed by atoms with Gasteiger partial charge in [0.05, 0.1) is 22.5 Å². The smallest absolute Gasteiger partial charge is 0.200 e. The van der Waals surface area contributed by atoms with Crippen molar-refractivity contribution in [3.05, 3.63) is 65.9 Å². The van der Waals surface area contributed by atoms with Gasteiger partial charge in [0, 0.05) is 16.8 Å². The van der Waals surface area contributed by atoms with Crippen LogP contribution in [0.15, 0.2) is 54.7 Å². The highest BCUT2D eigenvalue weighted by Gasteiger charge is 2.34. The van der Waals surface area contributed by atoms with E-state index < -0.39 is 0 Å². The van der Waals surface area contributed by atoms with Crippen LogP contribution in [-0.2, 0) is 0 Å². The molecule has 0 saturated heterocycles. The maximum atomic E-state index is 13.0. The molecule has 3 N–H and O–H groups in total. The van der Waals surface area contributed by atoms with Crippen molar-refractivity contribution in [2.75, 3.05) is 5.32 Å². The summed E-state index contributed by atoms with van der Waals surface area (Å²) in [7, 11) is 0. The predicted molar refractivity (Wildman–Crippen MR) is 93.0 cm³/mol. The molecule has 0 unspecified atom stereocenters. The molecule has 0 amide bonds. The fraction of sp³-hybridized carbons (Fsp3) is 0.0526. The van der Waals surface area contributed by atoms with E-state index in [4.69, 9.17) is 0 Å². The van der Waals surface area contributed by atoms with Crippen LogP contribution in [-0.4, -0.2) is 21.1 Å². The van der Waals surface area contributed by atoms with E-state index in [0.717, 1.165) is 28.2 Å². The predicted octanol–water partition coefficient (Wildman–Crippen LogP) is 3.94. The Morgan fingerprint density at radius 3 is 2.62 bits per heavy atom. The van der Waals surface area contributed by atoms with Crippen molar-refractivity contribution in [1.82, 2.24) is 10.2 Å². The summed E-state index contributed by atoms with van der Waals surface area (Å²) in [6.45, 7) is 5.69. The first-order valence-corrected chi connectivity index (χ1v) is 7.54. The molecular weight excluding hydrogens is 302 g/mol. The van der Waals surface area contributed by atoms with Gasteiger partial charge in [-0.1, -0.05) is 18.7 Å². The summed E-state index contributed by atoms with van der Waals surface area (Å²) < 4.78 is 0. The minimum Gasteiger partial charge on any atom is -0.508 e. The standard InChI is InChI=1S/C19H15N3O2/c1-10(2)20-14-5-3-4-13-15(14)19(24)16-17(21-22-18(13)16)11-6-8-12(23)9-7-11/h3-9,20,23H,1H2,2H3,(H,21,22). The Hall–Kier alpha value is -3.34. The number of fused-ring (bicyclic) bond motifs is 3. The number of phenols is 1. The van der Waals surface area contributed by atoms with E-state index in [1.165, 1.54) is 0 Å². The molecule has 0 atom stereocenters. The second-order valence-electron chi connectivity index (χ2n) is 5.83. The van der Waals surface area contributed by atoms with Crippen molar-refractivity contribution < 1.29 is 9.90 Å². The van der Waals surface area contributed by atoms with Gasteiger partial charge in [-0.15, -0.1) is 0 Å². The average Bonchev–Trinajstić information content (AvgIpc) is 3.09. The normalized spacial score (nSPS) is 12.0. The zero-order chi connectivity index (χ0) is 16.8. The number of carbonyl (C=O) groups excluding carboxylic acids is 1. The molecule has 2 aromatic carbocycles. The van der Waals surface area contributed by atoms with Crippen molar-refractivity contribution in [2.24, 2.45) is 0 Å². The van der Waals surface area contributed by atoms with Gasteiger partial charge in [-0.05, 0) is 37.3 Å². The third kappa shape index (κ3) is 2.02. The molecule has 3 aromatic rings. The van der Waals surface area contributed by atoms with E-state index in [2.05, 4.69) is 22.1 Å². The number of rotatable bonds is 3. The number of benzene rings is 2. The highest BCUT2D eigenvalue weighted by Crippen LogP contribution is 2.43. The van der Waals surface area contributed by atoms with Gasteiger partial charge in [-0.3, -0.25) is 9.89 Å². The molecule has 118 valence electrons. The van der Waals surface area contributed by atoms with Gasteiger partial charge in [0.25, 0.3) is 0 Å². The minimum atomic E-state index is -0.0684. The molecule has 5 heteroatoms. The molecule has 0 bridgehead atoms. The summed E-state index contributed by atoms with van der Waals surface area (Å²) in [5.74, 6) is 0.106. The largest absolute Gasteiger partial charge is 0.508 e. The lowest BCUT2D eigenvalue weighted by molar-refractivity contribution is 0.104. The lowest BCUT2D eigenvalue weighted by Crippen LogP contribution is -2.04. The van der Waals surface area contributed by atoms with Crippen molar-refractivity contribution >= 4 is 11.5 Å². The molecule has 4 rings (SSSR count). The van der Waals surface area contributed by atoms with Crippen molar-refractivity contribution in [3.8, 4) is 28.3 Å². The topological polar surface area (TPSA) is 78.0 Å². The van der Waals surface area contributed by atoms with E-state index >= 15 is 0 Å². The molecule has 5 nitrogen and oxygen atoms in total. The number of hydrogen-bond donors (Lipinski definition) is 3. The molecule has 1 aromatic heterocycles. The summed E-state index contributed by atoms with van der Waals surface area (Å²) in [5, 5.41) is 19.9. The fourth-order valence-corrected chi connectivity index (χ4v) is 3.05. The molecule has 0 radical (unpaired) electrons. The fourth-order valence-electron chi connectivity index (χ4n) is 3.05. The quantitative estimate of drug-likeness (QED) is 0.535. The SMILES string of the molecule is C=C(C)Nc1cccc2c1C(=O)c1c(-c3ccc(O)cc3)n[nH]c1-2. The van der Waals surface area contributed by atoms with Gasteiger partial charge in [-0.2, -0.15) is 5.10 Å². The van der Waals surface area contributed by atoms with E-state index in [-0.39, 0.29) is 11.5 Å². The van der Waals surface area contributed by atoms with E-state index in [1.807, 2.05) is 25.1 Å². The Kier molecular flexibility index (Phi) is 3.03. The number of nitrogens with one attached hydrogen (secondary N) is 2. The van der Waals surface area contributed by atoms with Gasteiger partial charge in [0.2, 0.25) is 0 Å². The Bertz CT molecular complexity index is 984. The molecule has 0 spiro atoms. The van der Waals surface area contributed by atoms with Gasteiger partial charge < -0.3 is 10.4 Å². The van der Waals surface area contributed by atoms with Crippen LogP contribution in [0.25, 0.3) is 22.5 Å². The Labute approximate surface area is 138 Å². The van der Waals surface area contributed by atoms with Crippen molar-refractivity contribution in [2.45, 2.75) is 6.92 Å². The third-order valence-corrected chi connectivity index (χ3v) is 4.04. The Balaban J connectivity index is 1.88. The number of anilines is 1. The van der Waals surface area contributed by atoms with Crippen molar-refractivity contribution in [3.63, 3.8) is 0 Å². The maximum absolute atomic E-state index is 13.0. The summed E-state index contributed by atoms with van der Waals surface area (Å²) in [4.78, 5) is 13.0. The van der Waals surface area contributed by atoms with E-state index in [9.17, 15) is 9.90 Å². The number of ketones is 1. The van der Waals surface area contributed by atoms with Crippen LogP contribution in [0.5, 0.6) is 5.75 Å². The van der Waals surface area contributed by atoms with Crippen LogP contribution >= 0.6 is 0 Å². The van der Waals surface area contributed by atoms with Gasteiger partial charge >= 0.3 is 0 Å². The van der Waals surface area contributed by atoms with E-state index in [1.54, 1.807) is 24.3 Å². The van der Waals surface area contributed by atoms with Crippen LogP contribution in [0.4, 0.5) is 5.69 Å². The molecule has 1 aliphatic rings. The highest BCUT2D eigenvalue weighted by atomic mass is 16.3. The minimum absolute atomic E-state index is 0.0684. The number of H-pyrrole nitrogens is 1. The number of aromatic hydroxyl groups is 1. The van der Waals surface area contributed by atoms with Crippen LogP contribution in [0, 0.1) is 0 Å². The number of carbonyl (C=O) groups is 1. The van der Waals surface area contributed by atoms with Crippen LogP contribution in [0.1, 0.15) is 22.8 Å². The van der Waals surface area contributed by atoms with Gasteiger partial charge in [0.15, 0.2) is 5.78 Å². The maximum Gasteiger partial charge on any atom is 0.200 e. The first-order valence-electron chi connectivity index (χ1n) is 7.54. The molecule has 24 heavy (non-hydrogen) atoms. The molecule has 1 heterocycles. The average molecular weight is 317 g/mol. The van der Waals surface area contributed by atoms with E-state index in [0.29, 0.717) is 16.8 Å². The number of aromatic nitrogens is 2. The highest BCUT2D eigenvalue weighted by molar-refractivity contribution is 6.26.